The van der Waals surface area contributed by atoms with Crippen molar-refractivity contribution in [3.05, 3.63) is 24.3 Å². The third-order valence-corrected chi connectivity index (χ3v) is 3.51. The second kappa shape index (κ2) is 7.83. The van der Waals surface area contributed by atoms with Crippen LogP contribution in [-0.4, -0.2) is 31.2 Å². The molecule has 2 aliphatic rings. The van der Waals surface area contributed by atoms with Crippen LogP contribution in [-0.2, 0) is 14.2 Å². The first kappa shape index (κ1) is 14.8. The van der Waals surface area contributed by atoms with E-state index in [1.807, 2.05) is 6.92 Å². The summed E-state index contributed by atoms with van der Waals surface area (Å²) in [5.41, 5.74) is 0. The van der Waals surface area contributed by atoms with Crippen LogP contribution in [0.1, 0.15) is 46.0 Å². The van der Waals surface area contributed by atoms with Crippen LogP contribution in [0.4, 0.5) is 0 Å². The molecule has 19 heavy (non-hydrogen) atoms. The minimum atomic E-state index is -0.124. The van der Waals surface area contributed by atoms with Gasteiger partial charge in [-0.25, -0.2) is 0 Å². The standard InChI is InChI=1S/C16H26O3/c1-3-5-6-7-8-9-10-11-12-13-14-15(19-14)16(18-13)17-4-2/h6-7,9-10,13-16H,3-5,8,11-12H2,1-2H3/b7-6+,10-9+/t13-,14-,15-,16?/m1/s1. The van der Waals surface area contributed by atoms with Gasteiger partial charge in [0.2, 0.25) is 0 Å². The van der Waals surface area contributed by atoms with E-state index in [-0.39, 0.29) is 24.6 Å². The van der Waals surface area contributed by atoms with E-state index in [1.54, 1.807) is 0 Å². The van der Waals surface area contributed by atoms with Crippen LogP contribution in [0.15, 0.2) is 24.3 Å². The van der Waals surface area contributed by atoms with Crippen LogP contribution >= 0.6 is 0 Å². The Morgan fingerprint density at radius 1 is 0.947 bits per heavy atom. The van der Waals surface area contributed by atoms with E-state index in [1.165, 1.54) is 12.8 Å². The van der Waals surface area contributed by atoms with Gasteiger partial charge in [-0.2, -0.15) is 0 Å². The van der Waals surface area contributed by atoms with Gasteiger partial charge >= 0.3 is 0 Å². The summed E-state index contributed by atoms with van der Waals surface area (Å²) in [6.45, 7) is 4.88. The Balaban J connectivity index is 1.56. The summed E-state index contributed by atoms with van der Waals surface area (Å²) in [5.74, 6) is 0. The van der Waals surface area contributed by atoms with Gasteiger partial charge in [-0.05, 0) is 32.6 Å². The zero-order valence-corrected chi connectivity index (χ0v) is 12.1. The number of hydrogen-bond donors (Lipinski definition) is 0. The minimum absolute atomic E-state index is 0.124. The van der Waals surface area contributed by atoms with Gasteiger partial charge in [-0.3, -0.25) is 0 Å². The lowest BCUT2D eigenvalue weighted by atomic mass is 10.1. The van der Waals surface area contributed by atoms with E-state index in [0.717, 1.165) is 19.3 Å². The average Bonchev–Trinajstić information content (AvgIpc) is 3.13. The fourth-order valence-corrected chi connectivity index (χ4v) is 2.45. The molecule has 2 heterocycles. The molecule has 0 saturated carbocycles. The molecule has 2 saturated heterocycles. The maximum atomic E-state index is 5.83. The molecule has 0 spiro atoms. The van der Waals surface area contributed by atoms with Gasteiger partial charge in [-0.1, -0.05) is 37.6 Å². The molecule has 0 aliphatic carbocycles. The first-order chi connectivity index (χ1) is 9.36. The summed E-state index contributed by atoms with van der Waals surface area (Å²) in [6.07, 6.45) is 15.1. The molecular formula is C16H26O3. The van der Waals surface area contributed by atoms with Crippen LogP contribution in [0.2, 0.25) is 0 Å². The molecule has 0 N–H and O–H groups in total. The molecule has 4 atom stereocenters. The summed E-state index contributed by atoms with van der Waals surface area (Å²) in [4.78, 5) is 0. The number of allylic oxidation sites excluding steroid dienone is 4. The van der Waals surface area contributed by atoms with Crippen molar-refractivity contribution in [3.8, 4) is 0 Å². The van der Waals surface area contributed by atoms with Crippen molar-refractivity contribution in [1.29, 1.82) is 0 Å². The molecule has 1 unspecified atom stereocenters. The van der Waals surface area contributed by atoms with Crippen molar-refractivity contribution < 1.29 is 14.2 Å². The molecule has 0 aromatic carbocycles. The Morgan fingerprint density at radius 3 is 2.47 bits per heavy atom. The van der Waals surface area contributed by atoms with Gasteiger partial charge in [0, 0.05) is 6.61 Å². The van der Waals surface area contributed by atoms with Gasteiger partial charge in [-0.15, -0.1) is 0 Å². The third kappa shape index (κ3) is 4.44. The van der Waals surface area contributed by atoms with Gasteiger partial charge < -0.3 is 14.2 Å². The number of hydrogen-bond acceptors (Lipinski definition) is 3. The first-order valence-corrected chi connectivity index (χ1v) is 7.59. The van der Waals surface area contributed by atoms with Crippen LogP contribution in [0.3, 0.4) is 0 Å². The molecule has 0 amide bonds. The van der Waals surface area contributed by atoms with Crippen molar-refractivity contribution in [3.63, 3.8) is 0 Å². The lowest BCUT2D eigenvalue weighted by Gasteiger charge is -2.16. The SMILES string of the molecule is CCC/C=C/C/C=C/CC[C@H]1OC(OCC)[C@@H]2O[C@H]12. The fraction of sp³-hybridized carbons (Fsp3) is 0.750. The fourth-order valence-electron chi connectivity index (χ4n) is 2.45. The van der Waals surface area contributed by atoms with E-state index in [2.05, 4.69) is 31.2 Å². The molecule has 3 nitrogen and oxygen atoms in total. The summed E-state index contributed by atoms with van der Waals surface area (Å²) in [6, 6.07) is 0. The van der Waals surface area contributed by atoms with Crippen LogP contribution in [0.25, 0.3) is 0 Å². The highest BCUT2D eigenvalue weighted by molar-refractivity contribution is 5.01. The number of rotatable bonds is 9. The van der Waals surface area contributed by atoms with Crippen molar-refractivity contribution in [2.24, 2.45) is 0 Å². The van der Waals surface area contributed by atoms with Gasteiger partial charge in [0.25, 0.3) is 0 Å². The monoisotopic (exact) mass is 266 g/mol. The smallest absolute Gasteiger partial charge is 0.186 e. The highest BCUT2D eigenvalue weighted by Gasteiger charge is 2.58. The Bertz CT molecular complexity index is 311. The topological polar surface area (TPSA) is 31.0 Å². The zero-order valence-electron chi connectivity index (χ0n) is 12.1. The summed E-state index contributed by atoms with van der Waals surface area (Å²) in [5, 5.41) is 0. The molecule has 108 valence electrons. The van der Waals surface area contributed by atoms with Gasteiger partial charge in [0.05, 0.1) is 6.10 Å². The van der Waals surface area contributed by atoms with Gasteiger partial charge in [0.15, 0.2) is 6.29 Å². The largest absolute Gasteiger partial charge is 0.361 e. The van der Waals surface area contributed by atoms with Crippen LogP contribution < -0.4 is 0 Å². The maximum absolute atomic E-state index is 5.83. The summed E-state index contributed by atoms with van der Waals surface area (Å²) >= 11 is 0. The van der Waals surface area contributed by atoms with E-state index in [0.29, 0.717) is 6.61 Å². The molecule has 2 aliphatic heterocycles. The van der Waals surface area contributed by atoms with Gasteiger partial charge in [0.1, 0.15) is 12.2 Å². The Morgan fingerprint density at radius 2 is 1.74 bits per heavy atom. The van der Waals surface area contributed by atoms with E-state index >= 15 is 0 Å². The molecule has 0 radical (unpaired) electrons. The molecule has 2 fully saturated rings. The second-order valence-electron chi connectivity index (χ2n) is 5.11. The number of ether oxygens (including phenoxy) is 3. The third-order valence-electron chi connectivity index (χ3n) is 3.51. The average molecular weight is 266 g/mol. The normalized spacial score (nSPS) is 33.4. The Hall–Kier alpha value is -0.640. The zero-order chi connectivity index (χ0) is 13.5. The number of fused-ring (bicyclic) bond motifs is 1. The molecule has 0 bridgehead atoms. The van der Waals surface area contributed by atoms with Crippen molar-refractivity contribution >= 4 is 0 Å². The second-order valence-corrected chi connectivity index (χ2v) is 5.11. The summed E-state index contributed by atoms with van der Waals surface area (Å²) in [7, 11) is 0. The Labute approximate surface area is 116 Å². The predicted octanol–water partition coefficient (Wildman–Crippen LogP) is 3.60. The van der Waals surface area contributed by atoms with Crippen molar-refractivity contribution in [2.75, 3.05) is 6.61 Å². The van der Waals surface area contributed by atoms with E-state index in [4.69, 9.17) is 14.2 Å². The molecule has 3 heteroatoms. The summed E-state index contributed by atoms with van der Waals surface area (Å²) < 4.78 is 16.9. The predicted molar refractivity (Wildman–Crippen MR) is 76.0 cm³/mol. The molecule has 0 aromatic heterocycles. The number of unbranched alkanes of at least 4 members (excludes halogenated alkanes) is 1. The molecular weight excluding hydrogens is 240 g/mol. The first-order valence-electron chi connectivity index (χ1n) is 7.59. The lowest BCUT2D eigenvalue weighted by Crippen LogP contribution is -2.22. The lowest BCUT2D eigenvalue weighted by molar-refractivity contribution is -0.171. The van der Waals surface area contributed by atoms with E-state index in [9.17, 15) is 0 Å². The minimum Gasteiger partial charge on any atom is -0.361 e. The quantitative estimate of drug-likeness (QED) is 0.472. The molecule has 0 aromatic rings. The maximum Gasteiger partial charge on any atom is 0.186 e. The van der Waals surface area contributed by atoms with Crippen LogP contribution in [0.5, 0.6) is 0 Å². The highest BCUT2D eigenvalue weighted by atomic mass is 16.8. The van der Waals surface area contributed by atoms with E-state index < -0.39 is 0 Å². The van der Waals surface area contributed by atoms with Crippen molar-refractivity contribution in [2.45, 2.75) is 70.6 Å². The van der Waals surface area contributed by atoms with Crippen molar-refractivity contribution in [1.82, 2.24) is 0 Å². The highest BCUT2D eigenvalue weighted by Crippen LogP contribution is 2.41. The van der Waals surface area contributed by atoms with Crippen LogP contribution in [0, 0.1) is 0 Å². The Kier molecular flexibility index (Phi) is 6.08. The number of epoxide rings is 1. The molecule has 2 rings (SSSR count).